The second-order valence-corrected chi connectivity index (χ2v) is 15.5. The van der Waals surface area contributed by atoms with E-state index in [0.717, 1.165) is 56.4 Å². The summed E-state index contributed by atoms with van der Waals surface area (Å²) in [6, 6.07) is 69.7. The van der Waals surface area contributed by atoms with Gasteiger partial charge in [-0.25, -0.2) is 0 Å². The van der Waals surface area contributed by atoms with E-state index in [1.165, 1.54) is 33.4 Å². The molecule has 0 aliphatic heterocycles. The van der Waals surface area contributed by atoms with E-state index in [1.807, 2.05) is 0 Å². The van der Waals surface area contributed by atoms with Gasteiger partial charge in [-0.1, -0.05) is 180 Å². The van der Waals surface area contributed by atoms with Crippen LogP contribution in [-0.2, 0) is 0 Å². The third-order valence-electron chi connectivity index (χ3n) is 10.7. The maximum Gasteiger partial charge on any atom is 0.0462 e. The fraction of sp³-hybridized carbons (Fsp3) is 0.0690. The van der Waals surface area contributed by atoms with Crippen LogP contribution >= 0.6 is 0 Å². The largest absolute Gasteiger partial charge is 0.311 e. The van der Waals surface area contributed by atoms with Crippen molar-refractivity contribution in [1.82, 2.24) is 0 Å². The molecule has 0 saturated carbocycles. The van der Waals surface area contributed by atoms with E-state index >= 15 is 0 Å². The molecular formula is C58H50N2. The predicted molar refractivity (Wildman–Crippen MR) is 261 cm³/mol. The molecule has 292 valence electrons. The van der Waals surface area contributed by atoms with Gasteiger partial charge >= 0.3 is 0 Å². The molecule has 0 radical (unpaired) electrons. The Bertz CT molecular complexity index is 2420. The third kappa shape index (κ3) is 9.99. The molecule has 0 N–H and O–H groups in total. The molecule has 0 atom stereocenters. The fourth-order valence-corrected chi connectivity index (χ4v) is 7.15. The SMILES string of the molecule is Cc1ccc(N(c2ccc(C)cc2)c2ccc(/C=C/c3ccc(/C=C/c4ccc(/C=C/c5ccc(N(c6ccc(C)cc6)c6ccc(C)cc6)cc5)cc4)cc3)cc2)cc1. The first-order valence-corrected chi connectivity index (χ1v) is 20.6. The molecule has 60 heavy (non-hydrogen) atoms. The summed E-state index contributed by atoms with van der Waals surface area (Å²) in [5.74, 6) is 0. The van der Waals surface area contributed by atoms with Gasteiger partial charge in [0.25, 0.3) is 0 Å². The van der Waals surface area contributed by atoms with Crippen molar-refractivity contribution in [2.75, 3.05) is 9.80 Å². The van der Waals surface area contributed by atoms with Gasteiger partial charge in [-0.2, -0.15) is 0 Å². The van der Waals surface area contributed by atoms with Crippen molar-refractivity contribution in [2.24, 2.45) is 0 Å². The molecule has 0 amide bonds. The molecule has 2 nitrogen and oxygen atoms in total. The topological polar surface area (TPSA) is 6.48 Å². The first-order chi connectivity index (χ1) is 29.3. The van der Waals surface area contributed by atoms with Crippen molar-refractivity contribution in [3.63, 3.8) is 0 Å². The molecule has 0 aromatic heterocycles. The van der Waals surface area contributed by atoms with Crippen LogP contribution < -0.4 is 9.80 Å². The van der Waals surface area contributed by atoms with Crippen LogP contribution in [0.3, 0.4) is 0 Å². The second-order valence-electron chi connectivity index (χ2n) is 15.5. The van der Waals surface area contributed by atoms with Gasteiger partial charge in [-0.05, 0) is 134 Å². The summed E-state index contributed by atoms with van der Waals surface area (Å²) in [7, 11) is 0. The Morgan fingerprint density at radius 3 is 0.500 bits per heavy atom. The average Bonchev–Trinajstić information content (AvgIpc) is 3.28. The average molecular weight is 775 g/mol. The van der Waals surface area contributed by atoms with Crippen LogP contribution in [0.2, 0.25) is 0 Å². The molecule has 0 heterocycles. The quantitative estimate of drug-likeness (QED) is 0.114. The van der Waals surface area contributed by atoms with Crippen LogP contribution in [0.5, 0.6) is 0 Å². The summed E-state index contributed by atoms with van der Waals surface area (Å²) in [6.07, 6.45) is 13.0. The minimum Gasteiger partial charge on any atom is -0.311 e. The van der Waals surface area contributed by atoms with Crippen molar-refractivity contribution in [3.05, 3.63) is 250 Å². The maximum atomic E-state index is 2.30. The highest BCUT2D eigenvalue weighted by Crippen LogP contribution is 2.36. The summed E-state index contributed by atoms with van der Waals surface area (Å²) in [5, 5.41) is 0. The summed E-state index contributed by atoms with van der Waals surface area (Å²) >= 11 is 0. The van der Waals surface area contributed by atoms with Crippen LogP contribution in [0.15, 0.2) is 194 Å². The zero-order valence-corrected chi connectivity index (χ0v) is 34.8. The van der Waals surface area contributed by atoms with Crippen molar-refractivity contribution in [1.29, 1.82) is 0 Å². The zero-order chi connectivity index (χ0) is 41.3. The van der Waals surface area contributed by atoms with Crippen molar-refractivity contribution in [2.45, 2.75) is 27.7 Å². The van der Waals surface area contributed by atoms with Gasteiger partial charge in [-0.15, -0.1) is 0 Å². The number of anilines is 6. The number of aryl methyl sites for hydroxylation is 4. The zero-order valence-electron chi connectivity index (χ0n) is 34.8. The van der Waals surface area contributed by atoms with Crippen molar-refractivity contribution in [3.8, 4) is 0 Å². The summed E-state index contributed by atoms with van der Waals surface area (Å²) in [5.41, 5.74) is 18.8. The Morgan fingerprint density at radius 2 is 0.333 bits per heavy atom. The molecule has 0 bridgehead atoms. The van der Waals surface area contributed by atoms with E-state index in [2.05, 4.69) is 268 Å². The number of benzene rings is 8. The highest BCUT2D eigenvalue weighted by atomic mass is 15.1. The fourth-order valence-electron chi connectivity index (χ4n) is 7.15. The van der Waals surface area contributed by atoms with Gasteiger partial charge in [0.1, 0.15) is 0 Å². The van der Waals surface area contributed by atoms with Gasteiger partial charge < -0.3 is 9.80 Å². The Hall–Kier alpha value is -7.42. The maximum absolute atomic E-state index is 2.30. The standard InChI is InChI=1S/C58H50N2/c1-43-5-31-53(32-6-43)59(54-33-7-44(2)8-34-54)57-39-27-51(28-40-57)25-23-49-19-15-47(16-20-49)13-14-48-17-21-50(22-18-48)24-26-52-29-41-58(42-30-52)60(55-35-9-45(3)10-36-55)56-37-11-46(4)12-38-56/h5-42H,1-4H3/b14-13+,25-23+,26-24+. The van der Waals surface area contributed by atoms with E-state index in [0.29, 0.717) is 0 Å². The van der Waals surface area contributed by atoms with Gasteiger partial charge in [0, 0.05) is 34.1 Å². The Kier molecular flexibility index (Phi) is 12.1. The highest BCUT2D eigenvalue weighted by Gasteiger charge is 2.13. The smallest absolute Gasteiger partial charge is 0.0462 e. The molecule has 8 aromatic rings. The lowest BCUT2D eigenvalue weighted by Crippen LogP contribution is -2.09. The Balaban J connectivity index is 0.875. The van der Waals surface area contributed by atoms with Gasteiger partial charge in [0.15, 0.2) is 0 Å². The lowest BCUT2D eigenvalue weighted by molar-refractivity contribution is 1.27. The minimum absolute atomic E-state index is 1.13. The predicted octanol–water partition coefficient (Wildman–Crippen LogP) is 16.4. The van der Waals surface area contributed by atoms with Gasteiger partial charge in [0.05, 0.1) is 0 Å². The van der Waals surface area contributed by atoms with Crippen LogP contribution in [0.25, 0.3) is 36.5 Å². The molecular weight excluding hydrogens is 725 g/mol. The molecule has 0 spiro atoms. The first kappa shape index (κ1) is 39.4. The molecule has 0 aliphatic carbocycles. The van der Waals surface area contributed by atoms with Crippen LogP contribution in [-0.4, -0.2) is 0 Å². The summed E-state index contributed by atoms with van der Waals surface area (Å²) < 4.78 is 0. The van der Waals surface area contributed by atoms with E-state index < -0.39 is 0 Å². The molecule has 0 unspecified atom stereocenters. The van der Waals surface area contributed by atoms with Crippen molar-refractivity contribution < 1.29 is 0 Å². The molecule has 2 heteroatoms. The second kappa shape index (κ2) is 18.4. The Morgan fingerprint density at radius 1 is 0.200 bits per heavy atom. The molecule has 0 aliphatic rings. The van der Waals surface area contributed by atoms with Crippen molar-refractivity contribution >= 4 is 70.6 Å². The van der Waals surface area contributed by atoms with Gasteiger partial charge in [0.2, 0.25) is 0 Å². The monoisotopic (exact) mass is 774 g/mol. The highest BCUT2D eigenvalue weighted by molar-refractivity contribution is 5.80. The Labute approximate surface area is 356 Å². The van der Waals surface area contributed by atoms with Crippen LogP contribution in [0.4, 0.5) is 34.1 Å². The molecule has 8 aromatic carbocycles. The van der Waals surface area contributed by atoms with Gasteiger partial charge in [-0.3, -0.25) is 0 Å². The van der Waals surface area contributed by atoms with E-state index in [9.17, 15) is 0 Å². The molecule has 8 rings (SSSR count). The minimum atomic E-state index is 1.13. The van der Waals surface area contributed by atoms with E-state index in [-0.39, 0.29) is 0 Å². The molecule has 0 saturated heterocycles. The van der Waals surface area contributed by atoms with Crippen LogP contribution in [0.1, 0.15) is 55.6 Å². The number of hydrogen-bond donors (Lipinski definition) is 0. The first-order valence-electron chi connectivity index (χ1n) is 20.6. The lowest BCUT2D eigenvalue weighted by atomic mass is 10.1. The van der Waals surface area contributed by atoms with E-state index in [4.69, 9.17) is 0 Å². The number of hydrogen-bond acceptors (Lipinski definition) is 2. The normalized spacial score (nSPS) is 11.5. The van der Waals surface area contributed by atoms with E-state index in [1.54, 1.807) is 0 Å². The number of rotatable bonds is 12. The van der Waals surface area contributed by atoms with Crippen LogP contribution in [0, 0.1) is 27.7 Å². The summed E-state index contributed by atoms with van der Waals surface area (Å²) in [6.45, 7) is 8.50. The lowest BCUT2D eigenvalue weighted by Gasteiger charge is -2.25. The number of nitrogens with zero attached hydrogens (tertiary/aromatic N) is 2. The third-order valence-corrected chi connectivity index (χ3v) is 10.7. The molecule has 0 fully saturated rings. The summed E-state index contributed by atoms with van der Waals surface area (Å²) in [4.78, 5) is 4.61.